The molecule has 0 spiro atoms. The number of amides is 1. The van der Waals surface area contributed by atoms with Crippen molar-refractivity contribution in [2.75, 3.05) is 0 Å². The molecular formula is C20H37NO. The van der Waals surface area contributed by atoms with Crippen LogP contribution in [0.15, 0.2) is 24.8 Å². The number of carbonyl (C=O) groups excluding carboxylic acids is 1. The van der Waals surface area contributed by atoms with Gasteiger partial charge in [0, 0.05) is 0 Å². The summed E-state index contributed by atoms with van der Waals surface area (Å²) in [4.78, 5) is 11.0. The Kier molecular flexibility index (Phi) is 15.5. The van der Waals surface area contributed by atoms with Gasteiger partial charge in [0.05, 0.1) is 5.92 Å². The molecule has 0 saturated heterocycles. The predicted octanol–water partition coefficient (Wildman–Crippen LogP) is 5.92. The fourth-order valence-corrected chi connectivity index (χ4v) is 2.63. The summed E-state index contributed by atoms with van der Waals surface area (Å²) in [5.74, 6) is -0.384. The third-order valence-electron chi connectivity index (χ3n) is 4.18. The lowest BCUT2D eigenvalue weighted by Gasteiger charge is -2.07. The summed E-state index contributed by atoms with van der Waals surface area (Å²) >= 11 is 0. The zero-order chi connectivity index (χ0) is 16.5. The zero-order valence-corrected chi connectivity index (χ0v) is 14.7. The van der Waals surface area contributed by atoms with Crippen LogP contribution in [-0.4, -0.2) is 5.91 Å². The van der Waals surface area contributed by atoms with Crippen LogP contribution in [0.3, 0.4) is 0 Å². The van der Waals surface area contributed by atoms with E-state index in [0.29, 0.717) is 0 Å². The highest BCUT2D eigenvalue weighted by molar-refractivity contribution is 5.78. The lowest BCUT2D eigenvalue weighted by Crippen LogP contribution is -2.21. The Morgan fingerprint density at radius 2 is 1.41 bits per heavy atom. The molecule has 0 saturated carbocycles. The number of hydrogen-bond acceptors (Lipinski definition) is 1. The van der Waals surface area contributed by atoms with Gasteiger partial charge in [0.15, 0.2) is 0 Å². The van der Waals surface area contributed by atoms with E-state index in [1.807, 2.05) is 0 Å². The van der Waals surface area contributed by atoms with Gasteiger partial charge in [0.2, 0.25) is 5.91 Å². The highest BCUT2D eigenvalue weighted by atomic mass is 16.1. The number of primary amides is 1. The number of allylic oxidation sites excluding steroid dienone is 2. The molecule has 0 radical (unpaired) electrons. The Morgan fingerprint density at radius 3 is 1.91 bits per heavy atom. The molecule has 2 N–H and O–H groups in total. The van der Waals surface area contributed by atoms with E-state index in [1.54, 1.807) is 6.08 Å². The van der Waals surface area contributed by atoms with E-state index in [1.165, 1.54) is 70.6 Å². The minimum Gasteiger partial charge on any atom is -0.369 e. The number of unbranched alkanes of at least 4 members (excludes halogenated alkanes) is 10. The fourth-order valence-electron chi connectivity index (χ4n) is 2.63. The maximum absolute atomic E-state index is 11.0. The Bertz CT molecular complexity index is 296. The van der Waals surface area contributed by atoms with Crippen LogP contribution in [-0.2, 0) is 4.79 Å². The molecule has 0 rings (SSSR count). The number of hydrogen-bond donors (Lipinski definition) is 1. The molecule has 128 valence electrons. The topological polar surface area (TPSA) is 43.1 Å². The molecule has 22 heavy (non-hydrogen) atoms. The molecule has 0 aromatic heterocycles. The molecule has 0 bridgehead atoms. The van der Waals surface area contributed by atoms with Crippen molar-refractivity contribution in [3.8, 4) is 0 Å². The summed E-state index contributed by atoms with van der Waals surface area (Å²) < 4.78 is 0. The van der Waals surface area contributed by atoms with E-state index in [0.717, 1.165) is 12.8 Å². The molecule has 0 aliphatic carbocycles. The van der Waals surface area contributed by atoms with Crippen LogP contribution in [0.5, 0.6) is 0 Å². The number of carbonyl (C=O) groups is 1. The SMILES string of the molecule is C=CC(CCCCCC/C=C\CCCCCCCC)C(N)=O. The first kappa shape index (κ1) is 20.9. The number of rotatable bonds is 16. The van der Waals surface area contributed by atoms with E-state index in [9.17, 15) is 4.79 Å². The molecule has 0 aliphatic heterocycles. The molecule has 0 aromatic carbocycles. The van der Waals surface area contributed by atoms with Crippen LogP contribution < -0.4 is 5.73 Å². The first-order chi connectivity index (χ1) is 10.7. The van der Waals surface area contributed by atoms with Crippen molar-refractivity contribution < 1.29 is 4.79 Å². The second kappa shape index (κ2) is 16.3. The van der Waals surface area contributed by atoms with Crippen LogP contribution in [0, 0.1) is 5.92 Å². The Labute approximate surface area is 138 Å². The number of nitrogens with two attached hydrogens (primary N) is 1. The van der Waals surface area contributed by atoms with Gasteiger partial charge in [0.25, 0.3) is 0 Å². The summed E-state index contributed by atoms with van der Waals surface area (Å²) in [7, 11) is 0. The lowest BCUT2D eigenvalue weighted by atomic mass is 10.00. The molecule has 1 amide bonds. The highest BCUT2D eigenvalue weighted by Crippen LogP contribution is 2.13. The van der Waals surface area contributed by atoms with Gasteiger partial charge in [0.1, 0.15) is 0 Å². The van der Waals surface area contributed by atoms with Gasteiger partial charge in [-0.15, -0.1) is 6.58 Å². The third kappa shape index (κ3) is 13.9. The van der Waals surface area contributed by atoms with Crippen molar-refractivity contribution >= 4 is 5.91 Å². The molecule has 0 aliphatic rings. The van der Waals surface area contributed by atoms with Gasteiger partial charge in [-0.3, -0.25) is 4.79 Å². The molecule has 0 aromatic rings. The molecule has 2 heteroatoms. The van der Waals surface area contributed by atoms with E-state index < -0.39 is 0 Å². The van der Waals surface area contributed by atoms with Crippen LogP contribution >= 0.6 is 0 Å². The molecule has 0 heterocycles. The van der Waals surface area contributed by atoms with Gasteiger partial charge >= 0.3 is 0 Å². The first-order valence-electron chi connectivity index (χ1n) is 9.29. The second-order valence-corrected chi connectivity index (χ2v) is 6.26. The standard InChI is InChI=1S/C20H37NO/c1-3-5-6-7-8-9-10-11-12-13-14-15-16-17-18-19(4-2)20(21)22/h4,11-12,19H,2-3,5-10,13-18H2,1H3,(H2,21,22)/b12-11-. The van der Waals surface area contributed by atoms with Crippen LogP contribution in [0.4, 0.5) is 0 Å². The summed E-state index contributed by atoms with van der Waals surface area (Å²) in [5.41, 5.74) is 5.28. The van der Waals surface area contributed by atoms with Crippen LogP contribution in [0.2, 0.25) is 0 Å². The van der Waals surface area contributed by atoms with Crippen LogP contribution in [0.1, 0.15) is 90.4 Å². The van der Waals surface area contributed by atoms with Crippen molar-refractivity contribution in [3.63, 3.8) is 0 Å². The minimum absolute atomic E-state index is 0.141. The van der Waals surface area contributed by atoms with Crippen molar-refractivity contribution in [1.29, 1.82) is 0 Å². The summed E-state index contributed by atoms with van der Waals surface area (Å²) in [6, 6.07) is 0. The normalized spacial score (nSPS) is 12.6. The Hall–Kier alpha value is -1.05. The van der Waals surface area contributed by atoms with Crippen LogP contribution in [0.25, 0.3) is 0 Å². The minimum atomic E-state index is -0.243. The van der Waals surface area contributed by atoms with E-state index in [-0.39, 0.29) is 11.8 Å². The third-order valence-corrected chi connectivity index (χ3v) is 4.18. The molecule has 0 fully saturated rings. The zero-order valence-electron chi connectivity index (χ0n) is 14.7. The summed E-state index contributed by atoms with van der Waals surface area (Å²) in [6.45, 7) is 5.92. The molecule has 1 atom stereocenters. The average molecular weight is 308 g/mol. The van der Waals surface area contributed by atoms with Crippen molar-refractivity contribution in [1.82, 2.24) is 0 Å². The van der Waals surface area contributed by atoms with Gasteiger partial charge in [-0.05, 0) is 32.1 Å². The largest absolute Gasteiger partial charge is 0.369 e. The van der Waals surface area contributed by atoms with Gasteiger partial charge in [-0.25, -0.2) is 0 Å². The fraction of sp³-hybridized carbons (Fsp3) is 0.750. The predicted molar refractivity (Wildman–Crippen MR) is 97.7 cm³/mol. The first-order valence-corrected chi connectivity index (χ1v) is 9.29. The molecule has 2 nitrogen and oxygen atoms in total. The van der Waals surface area contributed by atoms with E-state index >= 15 is 0 Å². The van der Waals surface area contributed by atoms with Gasteiger partial charge in [-0.1, -0.05) is 76.5 Å². The van der Waals surface area contributed by atoms with E-state index in [2.05, 4.69) is 25.7 Å². The smallest absolute Gasteiger partial charge is 0.224 e. The summed E-state index contributed by atoms with van der Waals surface area (Å²) in [6.07, 6.45) is 22.6. The quantitative estimate of drug-likeness (QED) is 0.279. The average Bonchev–Trinajstić information content (AvgIpc) is 2.51. The summed E-state index contributed by atoms with van der Waals surface area (Å²) in [5, 5.41) is 0. The monoisotopic (exact) mass is 307 g/mol. The van der Waals surface area contributed by atoms with Gasteiger partial charge in [-0.2, -0.15) is 0 Å². The maximum Gasteiger partial charge on any atom is 0.224 e. The second-order valence-electron chi connectivity index (χ2n) is 6.26. The van der Waals surface area contributed by atoms with E-state index in [4.69, 9.17) is 5.73 Å². The molecular weight excluding hydrogens is 270 g/mol. The maximum atomic E-state index is 11.0. The van der Waals surface area contributed by atoms with Crippen molar-refractivity contribution in [3.05, 3.63) is 24.8 Å². The molecule has 1 unspecified atom stereocenters. The Morgan fingerprint density at radius 1 is 0.909 bits per heavy atom. The lowest BCUT2D eigenvalue weighted by molar-refractivity contribution is -0.120. The van der Waals surface area contributed by atoms with Crippen molar-refractivity contribution in [2.45, 2.75) is 90.4 Å². The Balaban J connectivity index is 3.27. The van der Waals surface area contributed by atoms with Crippen molar-refractivity contribution in [2.24, 2.45) is 11.7 Å². The highest BCUT2D eigenvalue weighted by Gasteiger charge is 2.09. The van der Waals surface area contributed by atoms with Gasteiger partial charge < -0.3 is 5.73 Å².